The Kier molecular flexibility index (Phi) is 7.54. The maximum Gasteiger partial charge on any atom is 0.408 e. The van der Waals surface area contributed by atoms with Crippen LogP contribution in [-0.2, 0) is 20.9 Å². The van der Waals surface area contributed by atoms with Gasteiger partial charge in [0.05, 0.1) is 12.2 Å². The fourth-order valence-electron chi connectivity index (χ4n) is 2.18. The highest BCUT2D eigenvalue weighted by Crippen LogP contribution is 2.21. The summed E-state index contributed by atoms with van der Waals surface area (Å²) < 4.78 is 10.1. The molecule has 1 amide bonds. The number of hydrogen-bond acceptors (Lipinski definition) is 5. The van der Waals surface area contributed by atoms with Crippen molar-refractivity contribution in [2.75, 3.05) is 6.61 Å². The van der Waals surface area contributed by atoms with Crippen molar-refractivity contribution in [3.05, 3.63) is 35.9 Å². The van der Waals surface area contributed by atoms with Gasteiger partial charge in [-0.15, -0.1) is 0 Å². The molecule has 128 valence electrons. The van der Waals surface area contributed by atoms with Gasteiger partial charge in [0.25, 0.3) is 0 Å². The predicted molar refractivity (Wildman–Crippen MR) is 85.7 cm³/mol. The Hall–Kier alpha value is -2.08. The molecule has 0 saturated heterocycles. The molecule has 0 saturated carbocycles. The van der Waals surface area contributed by atoms with Crippen LogP contribution in [0, 0.1) is 0 Å². The normalized spacial score (nSPS) is 12.3. The van der Waals surface area contributed by atoms with Gasteiger partial charge < -0.3 is 19.9 Å². The number of amides is 1. The fraction of sp³-hybridized carbons (Fsp3) is 0.529. The van der Waals surface area contributed by atoms with Crippen LogP contribution in [0.3, 0.4) is 0 Å². The van der Waals surface area contributed by atoms with Gasteiger partial charge in [-0.2, -0.15) is 0 Å². The van der Waals surface area contributed by atoms with Gasteiger partial charge in [0.1, 0.15) is 6.61 Å². The maximum atomic E-state index is 12.1. The van der Waals surface area contributed by atoms with Crippen LogP contribution in [0.2, 0.25) is 0 Å². The van der Waals surface area contributed by atoms with Crippen molar-refractivity contribution in [2.45, 2.75) is 51.9 Å². The summed E-state index contributed by atoms with van der Waals surface area (Å²) in [5.74, 6) is -0.671. The molecule has 0 aromatic heterocycles. The van der Waals surface area contributed by atoms with E-state index in [1.807, 2.05) is 30.3 Å². The molecule has 1 aromatic rings. The van der Waals surface area contributed by atoms with E-state index in [1.54, 1.807) is 20.8 Å². The predicted octanol–water partition coefficient (Wildman–Crippen LogP) is 2.40. The van der Waals surface area contributed by atoms with Crippen LogP contribution in [0.4, 0.5) is 4.79 Å². The zero-order chi connectivity index (χ0) is 17.3. The van der Waals surface area contributed by atoms with Gasteiger partial charge in [-0.3, -0.25) is 0 Å². The topological polar surface area (TPSA) is 84.9 Å². The molecule has 0 radical (unpaired) electrons. The van der Waals surface area contributed by atoms with E-state index < -0.39 is 23.7 Å². The fourth-order valence-corrected chi connectivity index (χ4v) is 2.18. The first kappa shape index (κ1) is 19.0. The van der Waals surface area contributed by atoms with Crippen molar-refractivity contribution >= 4 is 12.1 Å². The molecule has 6 heteroatoms. The highest BCUT2D eigenvalue weighted by atomic mass is 16.6. The minimum Gasteiger partial charge on any atom is -0.464 e. The second-order valence-electron chi connectivity index (χ2n) is 5.20. The summed E-state index contributed by atoms with van der Waals surface area (Å²) in [4.78, 5) is 24.0. The molecule has 0 bridgehead atoms. The summed E-state index contributed by atoms with van der Waals surface area (Å²) >= 11 is 0. The third kappa shape index (κ3) is 5.56. The van der Waals surface area contributed by atoms with Crippen LogP contribution in [0.5, 0.6) is 0 Å². The molecule has 0 fully saturated rings. The lowest BCUT2D eigenvalue weighted by atomic mass is 9.88. The first-order valence-corrected chi connectivity index (χ1v) is 7.83. The molecule has 1 atom stereocenters. The van der Waals surface area contributed by atoms with E-state index in [4.69, 9.17) is 9.47 Å². The minimum absolute atomic E-state index is 0.0822. The highest BCUT2D eigenvalue weighted by Gasteiger charge is 2.41. The van der Waals surface area contributed by atoms with Gasteiger partial charge in [-0.25, -0.2) is 9.59 Å². The number of carbonyl (C=O) groups is 2. The van der Waals surface area contributed by atoms with Crippen molar-refractivity contribution in [1.82, 2.24) is 5.32 Å². The lowest BCUT2D eigenvalue weighted by Crippen LogP contribution is -2.57. The number of hydrogen-bond donors (Lipinski definition) is 2. The number of rotatable bonds is 8. The number of esters is 1. The van der Waals surface area contributed by atoms with E-state index in [1.165, 1.54) is 0 Å². The van der Waals surface area contributed by atoms with Crippen molar-refractivity contribution in [3.8, 4) is 0 Å². The lowest BCUT2D eigenvalue weighted by molar-refractivity contribution is -0.153. The number of ether oxygens (including phenoxy) is 2. The number of aliphatic hydroxyl groups is 1. The average molecular weight is 323 g/mol. The van der Waals surface area contributed by atoms with Crippen LogP contribution >= 0.6 is 0 Å². The van der Waals surface area contributed by atoms with Crippen LogP contribution < -0.4 is 5.32 Å². The molecule has 6 nitrogen and oxygen atoms in total. The first-order chi connectivity index (χ1) is 11.0. The minimum atomic E-state index is -1.38. The van der Waals surface area contributed by atoms with Gasteiger partial charge in [0.2, 0.25) is 0 Å². The Morgan fingerprint density at radius 3 is 2.26 bits per heavy atom. The Labute approximate surface area is 136 Å². The molecule has 0 aliphatic carbocycles. The second kappa shape index (κ2) is 9.15. The molecule has 0 heterocycles. The third-order valence-electron chi connectivity index (χ3n) is 3.76. The van der Waals surface area contributed by atoms with E-state index in [2.05, 4.69) is 5.32 Å². The molecule has 1 rings (SSSR count). The highest BCUT2D eigenvalue weighted by molar-refractivity contribution is 5.82. The Morgan fingerprint density at radius 1 is 1.13 bits per heavy atom. The lowest BCUT2D eigenvalue weighted by Gasteiger charge is -2.33. The van der Waals surface area contributed by atoms with Gasteiger partial charge >= 0.3 is 12.1 Å². The summed E-state index contributed by atoms with van der Waals surface area (Å²) in [5, 5.41) is 13.0. The van der Waals surface area contributed by atoms with Crippen molar-refractivity contribution < 1.29 is 24.2 Å². The van der Waals surface area contributed by atoms with Crippen molar-refractivity contribution in [2.24, 2.45) is 0 Å². The Bertz CT molecular complexity index is 499. The zero-order valence-corrected chi connectivity index (χ0v) is 13.9. The number of alkyl carbamates (subject to hydrolysis) is 1. The molecule has 0 aliphatic heterocycles. The smallest absolute Gasteiger partial charge is 0.408 e. The van der Waals surface area contributed by atoms with Gasteiger partial charge in [-0.1, -0.05) is 44.2 Å². The van der Waals surface area contributed by atoms with Gasteiger partial charge in [-0.05, 0) is 25.3 Å². The number of benzene rings is 1. The summed E-state index contributed by atoms with van der Waals surface area (Å²) in [7, 11) is 0. The van der Waals surface area contributed by atoms with Gasteiger partial charge in [0.15, 0.2) is 6.04 Å². The summed E-state index contributed by atoms with van der Waals surface area (Å²) in [6.45, 7) is 5.40. The molecule has 1 aromatic carbocycles. The summed E-state index contributed by atoms with van der Waals surface area (Å²) in [6, 6.07) is 8.02. The molecule has 23 heavy (non-hydrogen) atoms. The molecule has 0 spiro atoms. The van der Waals surface area contributed by atoms with Crippen molar-refractivity contribution in [3.63, 3.8) is 0 Å². The van der Waals surface area contributed by atoms with Crippen molar-refractivity contribution in [1.29, 1.82) is 0 Å². The van der Waals surface area contributed by atoms with E-state index in [9.17, 15) is 14.7 Å². The summed E-state index contributed by atoms with van der Waals surface area (Å²) in [5.41, 5.74) is -0.547. The first-order valence-electron chi connectivity index (χ1n) is 7.83. The van der Waals surface area contributed by atoms with E-state index in [0.717, 1.165) is 5.56 Å². The van der Waals surface area contributed by atoms with E-state index >= 15 is 0 Å². The second-order valence-corrected chi connectivity index (χ2v) is 5.20. The van der Waals surface area contributed by atoms with Gasteiger partial charge in [0, 0.05) is 0 Å². The molecule has 1 unspecified atom stereocenters. The maximum absolute atomic E-state index is 12.1. The standard InChI is InChI=1S/C17H25NO5/c1-4-17(21,5-2)14(15(19)22-6-3)18-16(20)23-12-13-10-8-7-9-11-13/h7-11,14,21H,4-6,12H2,1-3H3,(H,18,20). The van der Waals surface area contributed by atoms with E-state index in [-0.39, 0.29) is 13.2 Å². The average Bonchev–Trinajstić information content (AvgIpc) is 2.58. The van der Waals surface area contributed by atoms with E-state index in [0.29, 0.717) is 12.8 Å². The largest absolute Gasteiger partial charge is 0.464 e. The number of carbonyl (C=O) groups excluding carboxylic acids is 2. The molecule has 0 aliphatic rings. The van der Waals surface area contributed by atoms with Crippen LogP contribution in [0.15, 0.2) is 30.3 Å². The molecular formula is C17H25NO5. The quantitative estimate of drug-likeness (QED) is 0.718. The number of nitrogens with one attached hydrogen (secondary N) is 1. The molecule has 2 N–H and O–H groups in total. The Balaban J connectivity index is 2.72. The van der Waals surface area contributed by atoms with Crippen LogP contribution in [-0.4, -0.2) is 35.4 Å². The van der Waals surface area contributed by atoms with Crippen LogP contribution in [0.1, 0.15) is 39.2 Å². The molecular weight excluding hydrogens is 298 g/mol. The SMILES string of the molecule is CCOC(=O)C(NC(=O)OCc1ccccc1)C(O)(CC)CC. The van der Waals surface area contributed by atoms with Crippen LogP contribution in [0.25, 0.3) is 0 Å². The summed E-state index contributed by atoms with van der Waals surface area (Å²) in [6.07, 6.45) is -0.176. The Morgan fingerprint density at radius 2 is 1.74 bits per heavy atom. The zero-order valence-electron chi connectivity index (χ0n) is 13.9. The third-order valence-corrected chi connectivity index (χ3v) is 3.76. The monoisotopic (exact) mass is 323 g/mol.